The van der Waals surface area contributed by atoms with Crippen molar-refractivity contribution < 1.29 is 9.53 Å². The first-order valence-electron chi connectivity index (χ1n) is 5.76. The molecule has 1 fully saturated rings. The highest BCUT2D eigenvalue weighted by Gasteiger charge is 2.29. The Morgan fingerprint density at radius 3 is 3.00 bits per heavy atom. The topological polar surface area (TPSA) is 64.3 Å². The smallest absolute Gasteiger partial charge is 0.237 e. The average Bonchev–Trinajstić information content (AvgIpc) is 2.72. The third kappa shape index (κ3) is 3.96. The van der Waals surface area contributed by atoms with Gasteiger partial charge in [0, 0.05) is 7.11 Å². The fraction of sp³-hybridized carbons (Fsp3) is 0.909. The second kappa shape index (κ2) is 7.14. The highest BCUT2D eigenvalue weighted by Crippen LogP contribution is 2.21. The fourth-order valence-electron chi connectivity index (χ4n) is 2.04. The van der Waals surface area contributed by atoms with Crippen LogP contribution < -0.4 is 11.1 Å². The second-order valence-corrected chi connectivity index (χ2v) is 5.19. The second-order valence-electron chi connectivity index (χ2n) is 4.21. The van der Waals surface area contributed by atoms with Gasteiger partial charge in [0.05, 0.1) is 18.2 Å². The van der Waals surface area contributed by atoms with Crippen LogP contribution in [0.25, 0.3) is 0 Å². The van der Waals surface area contributed by atoms with Crippen LogP contribution in [0.15, 0.2) is 0 Å². The van der Waals surface area contributed by atoms with Crippen molar-refractivity contribution in [2.45, 2.75) is 43.9 Å². The highest BCUT2D eigenvalue weighted by atomic mass is 32.2. The van der Waals surface area contributed by atoms with Gasteiger partial charge in [-0.2, -0.15) is 11.8 Å². The molecule has 1 aliphatic carbocycles. The van der Waals surface area contributed by atoms with Gasteiger partial charge in [0.1, 0.15) is 0 Å². The Hall–Kier alpha value is -0.260. The summed E-state index contributed by atoms with van der Waals surface area (Å²) in [6.45, 7) is 0. The third-order valence-corrected chi connectivity index (χ3v) is 3.70. The van der Waals surface area contributed by atoms with Crippen LogP contribution in [0.5, 0.6) is 0 Å². The molecule has 4 nitrogen and oxygen atoms in total. The highest BCUT2D eigenvalue weighted by molar-refractivity contribution is 7.98. The maximum Gasteiger partial charge on any atom is 0.237 e. The Kier molecular flexibility index (Phi) is 6.16. The molecule has 1 amide bonds. The Morgan fingerprint density at radius 2 is 2.38 bits per heavy atom. The van der Waals surface area contributed by atoms with Crippen molar-refractivity contribution in [1.29, 1.82) is 0 Å². The Bertz CT molecular complexity index is 226. The van der Waals surface area contributed by atoms with Gasteiger partial charge >= 0.3 is 0 Å². The Labute approximate surface area is 102 Å². The first-order valence-corrected chi connectivity index (χ1v) is 7.16. The van der Waals surface area contributed by atoms with Gasteiger partial charge < -0.3 is 15.8 Å². The van der Waals surface area contributed by atoms with Crippen LogP contribution in [0.3, 0.4) is 0 Å². The van der Waals surface area contributed by atoms with E-state index in [1.54, 1.807) is 18.9 Å². The molecule has 0 saturated heterocycles. The molecule has 5 heteroatoms. The van der Waals surface area contributed by atoms with Crippen LogP contribution >= 0.6 is 11.8 Å². The largest absolute Gasteiger partial charge is 0.379 e. The van der Waals surface area contributed by atoms with E-state index in [1.807, 2.05) is 6.26 Å². The minimum atomic E-state index is -0.384. The molecule has 16 heavy (non-hydrogen) atoms. The molecule has 0 heterocycles. The number of ether oxygens (including phenoxy) is 1. The molecular formula is C11H22N2O2S. The zero-order valence-electron chi connectivity index (χ0n) is 10.1. The number of nitrogens with one attached hydrogen (secondary N) is 1. The van der Waals surface area contributed by atoms with E-state index in [1.165, 1.54) is 0 Å². The lowest BCUT2D eigenvalue weighted by molar-refractivity contribution is -0.123. The normalized spacial score (nSPS) is 26.7. The quantitative estimate of drug-likeness (QED) is 0.726. The SMILES string of the molecule is COC1CCCC1NC(=O)[C@H](N)CCSC. The zero-order chi connectivity index (χ0) is 12.0. The van der Waals surface area contributed by atoms with Gasteiger partial charge in [-0.1, -0.05) is 0 Å². The van der Waals surface area contributed by atoms with Gasteiger partial charge in [-0.25, -0.2) is 0 Å². The standard InChI is InChI=1S/C11H22N2O2S/c1-15-10-5-3-4-9(10)13-11(14)8(12)6-7-16-2/h8-10H,3-7,12H2,1-2H3,(H,13,14)/t8-,9?,10?/m1/s1. The number of rotatable bonds is 6. The first kappa shape index (κ1) is 13.8. The lowest BCUT2D eigenvalue weighted by atomic mass is 10.1. The minimum Gasteiger partial charge on any atom is -0.379 e. The minimum absolute atomic E-state index is 0.0389. The van der Waals surface area contributed by atoms with Gasteiger partial charge in [0.25, 0.3) is 0 Å². The van der Waals surface area contributed by atoms with Crippen LogP contribution in [-0.4, -0.2) is 43.2 Å². The summed E-state index contributed by atoms with van der Waals surface area (Å²) < 4.78 is 5.33. The summed E-state index contributed by atoms with van der Waals surface area (Å²) in [5, 5.41) is 2.99. The number of thioether (sulfide) groups is 1. The number of amides is 1. The molecule has 0 radical (unpaired) electrons. The van der Waals surface area contributed by atoms with E-state index in [2.05, 4.69) is 5.32 Å². The summed E-state index contributed by atoms with van der Waals surface area (Å²) in [6.07, 6.45) is 6.06. The molecule has 2 unspecified atom stereocenters. The van der Waals surface area contributed by atoms with Crippen molar-refractivity contribution in [3.63, 3.8) is 0 Å². The van der Waals surface area contributed by atoms with Gasteiger partial charge in [0.15, 0.2) is 0 Å². The fourth-order valence-corrected chi connectivity index (χ4v) is 2.53. The van der Waals surface area contributed by atoms with Crippen molar-refractivity contribution in [3.8, 4) is 0 Å². The molecule has 1 saturated carbocycles. The summed E-state index contributed by atoms with van der Waals surface area (Å²) in [6, 6.07) is -0.233. The molecule has 0 aromatic carbocycles. The van der Waals surface area contributed by atoms with Crippen molar-refractivity contribution in [3.05, 3.63) is 0 Å². The molecule has 3 atom stereocenters. The molecule has 0 aromatic heterocycles. The molecule has 0 bridgehead atoms. The Morgan fingerprint density at radius 1 is 1.62 bits per heavy atom. The molecule has 94 valence electrons. The third-order valence-electron chi connectivity index (χ3n) is 3.05. The predicted octanol–water partition coefficient (Wildman–Crippen LogP) is 0.751. The molecule has 0 spiro atoms. The summed E-state index contributed by atoms with van der Waals surface area (Å²) in [5.74, 6) is 0.885. The molecular weight excluding hydrogens is 224 g/mol. The molecule has 0 aliphatic heterocycles. The van der Waals surface area contributed by atoms with Crippen LogP contribution in [0.2, 0.25) is 0 Å². The maximum absolute atomic E-state index is 11.8. The number of hydrogen-bond donors (Lipinski definition) is 2. The summed E-state index contributed by atoms with van der Waals surface area (Å²) >= 11 is 1.71. The van der Waals surface area contributed by atoms with E-state index in [9.17, 15) is 4.79 Å². The van der Waals surface area contributed by atoms with Crippen molar-refractivity contribution in [1.82, 2.24) is 5.32 Å². The van der Waals surface area contributed by atoms with Crippen LogP contribution in [0.1, 0.15) is 25.7 Å². The van der Waals surface area contributed by atoms with Crippen LogP contribution in [-0.2, 0) is 9.53 Å². The van der Waals surface area contributed by atoms with E-state index in [0.29, 0.717) is 0 Å². The van der Waals surface area contributed by atoms with E-state index in [4.69, 9.17) is 10.5 Å². The molecule has 3 N–H and O–H groups in total. The zero-order valence-corrected chi connectivity index (χ0v) is 10.9. The lowest BCUT2D eigenvalue weighted by Crippen LogP contribution is -2.48. The van der Waals surface area contributed by atoms with Crippen molar-refractivity contribution in [2.24, 2.45) is 5.73 Å². The predicted molar refractivity (Wildman–Crippen MR) is 67.6 cm³/mol. The molecule has 1 rings (SSSR count). The van der Waals surface area contributed by atoms with Crippen molar-refractivity contribution in [2.75, 3.05) is 19.1 Å². The molecule has 0 aromatic rings. The van der Waals surface area contributed by atoms with E-state index < -0.39 is 0 Å². The number of carbonyl (C=O) groups is 1. The summed E-state index contributed by atoms with van der Waals surface area (Å²) in [5.41, 5.74) is 5.80. The number of nitrogens with two attached hydrogens (primary N) is 1. The number of methoxy groups -OCH3 is 1. The Balaban J connectivity index is 2.32. The molecule has 1 aliphatic rings. The monoisotopic (exact) mass is 246 g/mol. The maximum atomic E-state index is 11.8. The number of carbonyl (C=O) groups excluding carboxylic acids is 1. The average molecular weight is 246 g/mol. The summed E-state index contributed by atoms with van der Waals surface area (Å²) in [4.78, 5) is 11.8. The van der Waals surface area contributed by atoms with Gasteiger partial charge in [-0.15, -0.1) is 0 Å². The lowest BCUT2D eigenvalue weighted by Gasteiger charge is -2.21. The van der Waals surface area contributed by atoms with Gasteiger partial charge in [0.2, 0.25) is 5.91 Å². The van der Waals surface area contributed by atoms with Crippen LogP contribution in [0.4, 0.5) is 0 Å². The first-order chi connectivity index (χ1) is 7.69. The van der Waals surface area contributed by atoms with E-state index in [-0.39, 0.29) is 24.1 Å². The van der Waals surface area contributed by atoms with Gasteiger partial charge in [-0.3, -0.25) is 4.79 Å². The van der Waals surface area contributed by atoms with E-state index >= 15 is 0 Å². The summed E-state index contributed by atoms with van der Waals surface area (Å²) in [7, 11) is 1.70. The van der Waals surface area contributed by atoms with Crippen LogP contribution in [0, 0.1) is 0 Å². The van der Waals surface area contributed by atoms with Crippen molar-refractivity contribution >= 4 is 17.7 Å². The number of hydrogen-bond acceptors (Lipinski definition) is 4. The van der Waals surface area contributed by atoms with E-state index in [0.717, 1.165) is 31.4 Å². The van der Waals surface area contributed by atoms with Gasteiger partial charge in [-0.05, 0) is 37.7 Å².